The van der Waals surface area contributed by atoms with E-state index in [0.29, 0.717) is 5.69 Å². The van der Waals surface area contributed by atoms with E-state index in [9.17, 15) is 18.0 Å². The van der Waals surface area contributed by atoms with Crippen molar-refractivity contribution in [2.45, 2.75) is 74.4 Å². The molecule has 4 rings (SSSR count). The maximum atomic E-state index is 14.1. The van der Waals surface area contributed by atoms with Gasteiger partial charge >= 0.3 is 0 Å². The predicted molar refractivity (Wildman–Crippen MR) is 173 cm³/mol. The van der Waals surface area contributed by atoms with Gasteiger partial charge in [0, 0.05) is 22.0 Å². The third kappa shape index (κ3) is 8.17. The highest BCUT2D eigenvalue weighted by Gasteiger charge is 2.33. The molecule has 1 fully saturated rings. The average Bonchev–Trinajstić information content (AvgIpc) is 3.00. The maximum absolute atomic E-state index is 14.1. The van der Waals surface area contributed by atoms with Crippen LogP contribution in [0.1, 0.15) is 50.2 Å². The monoisotopic (exact) mass is 671 g/mol. The Morgan fingerprint density at radius 1 is 0.952 bits per heavy atom. The van der Waals surface area contributed by atoms with E-state index in [-0.39, 0.29) is 23.4 Å². The number of rotatable bonds is 11. The van der Waals surface area contributed by atoms with Gasteiger partial charge in [-0.1, -0.05) is 65.0 Å². The molecule has 0 aromatic heterocycles. The van der Waals surface area contributed by atoms with E-state index < -0.39 is 28.5 Å². The summed E-state index contributed by atoms with van der Waals surface area (Å²) in [5.74, 6) is -0.696. The van der Waals surface area contributed by atoms with Crippen LogP contribution in [0.3, 0.4) is 0 Å². The number of hydrogen-bond donors (Lipinski definition) is 1. The molecule has 0 spiro atoms. The molecule has 1 aliphatic rings. The van der Waals surface area contributed by atoms with Gasteiger partial charge in [0.1, 0.15) is 12.6 Å². The van der Waals surface area contributed by atoms with E-state index >= 15 is 0 Å². The second kappa shape index (κ2) is 14.6. The molecule has 1 aliphatic carbocycles. The number of thioether (sulfide) groups is 1. The van der Waals surface area contributed by atoms with Crippen molar-refractivity contribution < 1.29 is 18.0 Å². The molecule has 2 amide bonds. The van der Waals surface area contributed by atoms with Crippen LogP contribution in [0.4, 0.5) is 5.69 Å². The Balaban J connectivity index is 1.66. The normalized spacial score (nSPS) is 14.7. The van der Waals surface area contributed by atoms with Crippen molar-refractivity contribution in [2.75, 3.05) is 17.1 Å². The molecular formula is C32H38BrN3O4S2. The van der Waals surface area contributed by atoms with Crippen molar-refractivity contribution in [2.24, 2.45) is 0 Å². The largest absolute Gasteiger partial charge is 0.352 e. The fourth-order valence-corrected chi connectivity index (χ4v) is 7.14. The Labute approximate surface area is 262 Å². The summed E-state index contributed by atoms with van der Waals surface area (Å²) in [6.07, 6.45) is 7.08. The van der Waals surface area contributed by atoms with Crippen LogP contribution < -0.4 is 9.62 Å². The quantitative estimate of drug-likeness (QED) is 0.234. The molecule has 42 heavy (non-hydrogen) atoms. The Bertz CT molecular complexity index is 1460. The molecule has 1 saturated carbocycles. The summed E-state index contributed by atoms with van der Waals surface area (Å²) in [6.45, 7) is 3.34. The van der Waals surface area contributed by atoms with E-state index in [2.05, 4.69) is 21.2 Å². The van der Waals surface area contributed by atoms with E-state index in [1.807, 2.05) is 49.6 Å². The summed E-state index contributed by atoms with van der Waals surface area (Å²) in [4.78, 5) is 30.0. The topological polar surface area (TPSA) is 86.8 Å². The standard InChI is InChI=1S/C32H38BrN3O4S2/c1-23-9-15-28(16-10-23)36(42(39,40)30-19-17-29(41-3)18-20-30)22-31(37)35(21-25-11-13-26(33)14-12-25)24(2)32(38)34-27-7-5-4-6-8-27/h9-20,24,27H,4-8,21-22H2,1-3H3,(H,34,38)/t24-/m0/s1. The van der Waals surface area contributed by atoms with E-state index in [4.69, 9.17) is 0 Å². The van der Waals surface area contributed by atoms with Crippen LogP contribution in [-0.2, 0) is 26.2 Å². The average molecular weight is 673 g/mol. The predicted octanol–water partition coefficient (Wildman–Crippen LogP) is 6.54. The summed E-state index contributed by atoms with van der Waals surface area (Å²) < 4.78 is 30.0. The molecule has 0 aliphatic heterocycles. The number of benzene rings is 3. The van der Waals surface area contributed by atoms with Crippen LogP contribution in [0.25, 0.3) is 0 Å². The Hall–Kier alpha value is -2.82. The summed E-state index contributed by atoms with van der Waals surface area (Å²) in [5.41, 5.74) is 2.18. The van der Waals surface area contributed by atoms with Gasteiger partial charge in [0.05, 0.1) is 10.6 Å². The van der Waals surface area contributed by atoms with Crippen molar-refractivity contribution in [3.05, 3.63) is 88.4 Å². The van der Waals surface area contributed by atoms with Gasteiger partial charge in [-0.2, -0.15) is 0 Å². The number of nitrogens with zero attached hydrogens (tertiary/aromatic N) is 2. The maximum Gasteiger partial charge on any atom is 0.264 e. The first-order chi connectivity index (χ1) is 20.1. The third-order valence-corrected chi connectivity index (χ3v) is 10.7. The van der Waals surface area contributed by atoms with Crippen LogP contribution in [0.2, 0.25) is 0 Å². The molecule has 1 atom stereocenters. The number of amides is 2. The van der Waals surface area contributed by atoms with Crippen molar-refractivity contribution in [3.63, 3.8) is 0 Å². The highest BCUT2D eigenvalue weighted by Crippen LogP contribution is 2.27. The number of nitrogens with one attached hydrogen (secondary N) is 1. The van der Waals surface area contributed by atoms with Gasteiger partial charge in [-0.15, -0.1) is 11.8 Å². The molecule has 0 radical (unpaired) electrons. The molecule has 0 unspecified atom stereocenters. The molecule has 7 nitrogen and oxygen atoms in total. The van der Waals surface area contributed by atoms with Gasteiger partial charge in [-0.25, -0.2) is 8.42 Å². The van der Waals surface area contributed by atoms with Gasteiger partial charge in [-0.05, 0) is 87.0 Å². The SMILES string of the molecule is CSc1ccc(S(=O)(=O)N(CC(=O)N(Cc2ccc(Br)cc2)[C@@H](C)C(=O)NC2CCCCC2)c2ccc(C)cc2)cc1. The van der Waals surface area contributed by atoms with Crippen LogP contribution >= 0.6 is 27.7 Å². The highest BCUT2D eigenvalue weighted by atomic mass is 79.9. The van der Waals surface area contributed by atoms with Crippen LogP contribution in [0, 0.1) is 6.92 Å². The number of halogens is 1. The van der Waals surface area contributed by atoms with Crippen molar-refractivity contribution in [1.29, 1.82) is 0 Å². The van der Waals surface area contributed by atoms with Crippen LogP contribution in [0.15, 0.2) is 87.1 Å². The Morgan fingerprint density at radius 2 is 1.57 bits per heavy atom. The summed E-state index contributed by atoms with van der Waals surface area (Å²) in [6, 6.07) is 20.5. The Morgan fingerprint density at radius 3 is 2.17 bits per heavy atom. The summed E-state index contributed by atoms with van der Waals surface area (Å²) >= 11 is 4.96. The fraction of sp³-hybridized carbons (Fsp3) is 0.375. The second-order valence-corrected chi connectivity index (χ2v) is 14.3. The lowest BCUT2D eigenvalue weighted by atomic mass is 9.95. The van der Waals surface area contributed by atoms with Gasteiger partial charge in [0.2, 0.25) is 11.8 Å². The highest BCUT2D eigenvalue weighted by molar-refractivity contribution is 9.10. The number of aryl methyl sites for hydroxylation is 1. The lowest BCUT2D eigenvalue weighted by Crippen LogP contribution is -2.53. The number of hydrogen-bond acceptors (Lipinski definition) is 5. The molecule has 0 bridgehead atoms. The number of anilines is 1. The van der Waals surface area contributed by atoms with E-state index in [0.717, 1.165) is 50.5 Å². The molecule has 1 N–H and O–H groups in total. The summed E-state index contributed by atoms with van der Waals surface area (Å²) in [7, 11) is -4.10. The van der Waals surface area contributed by atoms with Gasteiger partial charge in [0.25, 0.3) is 10.0 Å². The minimum absolute atomic E-state index is 0.0898. The lowest BCUT2D eigenvalue weighted by Gasteiger charge is -2.33. The zero-order valence-corrected chi connectivity index (χ0v) is 27.5. The zero-order valence-electron chi connectivity index (χ0n) is 24.3. The molecule has 0 saturated heterocycles. The first-order valence-electron chi connectivity index (χ1n) is 14.2. The molecule has 10 heteroatoms. The second-order valence-electron chi connectivity index (χ2n) is 10.7. The zero-order chi connectivity index (χ0) is 30.3. The van der Waals surface area contributed by atoms with Crippen molar-refractivity contribution in [1.82, 2.24) is 10.2 Å². The fourth-order valence-electron chi connectivity index (χ4n) is 5.05. The van der Waals surface area contributed by atoms with Gasteiger partial charge in [0.15, 0.2) is 0 Å². The number of carbonyl (C=O) groups excluding carboxylic acids is 2. The molecule has 3 aromatic rings. The minimum atomic E-state index is -4.10. The molecular weight excluding hydrogens is 634 g/mol. The molecule has 224 valence electrons. The smallest absolute Gasteiger partial charge is 0.264 e. The number of sulfonamides is 1. The molecule has 0 heterocycles. The first kappa shape index (κ1) is 32.1. The first-order valence-corrected chi connectivity index (χ1v) is 17.6. The van der Waals surface area contributed by atoms with Gasteiger partial charge in [-0.3, -0.25) is 13.9 Å². The van der Waals surface area contributed by atoms with Crippen molar-refractivity contribution >= 4 is 55.2 Å². The Kier molecular flexibility index (Phi) is 11.1. The van der Waals surface area contributed by atoms with Crippen LogP contribution in [0.5, 0.6) is 0 Å². The van der Waals surface area contributed by atoms with Gasteiger partial charge < -0.3 is 10.2 Å². The molecule has 3 aromatic carbocycles. The van der Waals surface area contributed by atoms with E-state index in [1.54, 1.807) is 43.3 Å². The number of carbonyl (C=O) groups is 2. The third-order valence-electron chi connectivity index (χ3n) is 7.63. The van der Waals surface area contributed by atoms with Crippen LogP contribution in [-0.4, -0.2) is 50.0 Å². The summed E-state index contributed by atoms with van der Waals surface area (Å²) in [5, 5.41) is 3.13. The lowest BCUT2D eigenvalue weighted by molar-refractivity contribution is -0.139. The van der Waals surface area contributed by atoms with Crippen molar-refractivity contribution in [3.8, 4) is 0 Å². The van der Waals surface area contributed by atoms with E-state index in [1.165, 1.54) is 23.1 Å². The minimum Gasteiger partial charge on any atom is -0.352 e.